The fourth-order valence-electron chi connectivity index (χ4n) is 2.78. The zero-order chi connectivity index (χ0) is 22.7. The summed E-state index contributed by atoms with van der Waals surface area (Å²) in [7, 11) is 1.49. The molecule has 11 nitrogen and oxygen atoms in total. The van der Waals surface area contributed by atoms with Crippen LogP contribution in [0.1, 0.15) is 16.1 Å². The number of rotatable bonds is 6. The number of hydrogen-bond acceptors (Lipinski definition) is 9. The molecule has 13 heteroatoms. The highest BCUT2D eigenvalue weighted by molar-refractivity contribution is 5.99. The van der Waals surface area contributed by atoms with Crippen molar-refractivity contribution in [2.45, 2.75) is 0 Å². The van der Waals surface area contributed by atoms with Crippen LogP contribution in [0.3, 0.4) is 0 Å². The molecule has 0 radical (unpaired) electrons. The summed E-state index contributed by atoms with van der Waals surface area (Å²) < 4.78 is 38.0. The van der Waals surface area contributed by atoms with Crippen LogP contribution < -0.4 is 15.9 Å². The Kier molecular flexibility index (Phi) is 5.53. The van der Waals surface area contributed by atoms with Gasteiger partial charge in [-0.25, -0.2) is 18.8 Å². The molecule has 4 aromatic rings. The lowest BCUT2D eigenvalue weighted by molar-refractivity contribution is 0.0950. The SMILES string of the molecule is COc1cccc(-c2c(C(=O)N/N=C/c3cc(F)ccc3F)nnn2-c2nonc2N)c1. The molecule has 0 unspecified atom stereocenters. The molecule has 0 fully saturated rings. The lowest BCUT2D eigenvalue weighted by Crippen LogP contribution is -2.19. The molecular formula is C19H14F2N8O3. The van der Waals surface area contributed by atoms with Crippen molar-refractivity contribution in [1.29, 1.82) is 0 Å². The van der Waals surface area contributed by atoms with Crippen LogP contribution in [0.5, 0.6) is 5.75 Å². The van der Waals surface area contributed by atoms with E-state index in [1.165, 1.54) is 11.8 Å². The molecule has 0 spiro atoms. The van der Waals surface area contributed by atoms with E-state index in [0.29, 0.717) is 11.3 Å². The molecule has 162 valence electrons. The van der Waals surface area contributed by atoms with E-state index >= 15 is 0 Å². The third kappa shape index (κ3) is 3.98. The summed E-state index contributed by atoms with van der Waals surface area (Å²) >= 11 is 0. The van der Waals surface area contributed by atoms with Crippen molar-refractivity contribution in [3.05, 3.63) is 65.4 Å². The summed E-state index contributed by atoms with van der Waals surface area (Å²) in [5, 5.41) is 18.7. The molecule has 0 bridgehead atoms. The van der Waals surface area contributed by atoms with Gasteiger partial charge >= 0.3 is 0 Å². The Hall–Kier alpha value is -4.68. The quantitative estimate of drug-likeness (QED) is 0.342. The van der Waals surface area contributed by atoms with E-state index in [1.807, 2.05) is 0 Å². The average molecular weight is 440 g/mol. The number of nitrogens with two attached hydrogens (primary N) is 1. The second kappa shape index (κ2) is 8.59. The first kappa shape index (κ1) is 20.6. The summed E-state index contributed by atoms with van der Waals surface area (Å²) in [6.07, 6.45) is 0.964. The van der Waals surface area contributed by atoms with Crippen LogP contribution in [-0.2, 0) is 0 Å². The minimum atomic E-state index is -0.780. The number of nitrogens with zero attached hydrogens (tertiary/aromatic N) is 6. The number of nitrogens with one attached hydrogen (secondary N) is 1. The van der Waals surface area contributed by atoms with Crippen LogP contribution in [0.4, 0.5) is 14.6 Å². The highest BCUT2D eigenvalue weighted by Crippen LogP contribution is 2.28. The summed E-state index contributed by atoms with van der Waals surface area (Å²) in [5.41, 5.74) is 8.34. The van der Waals surface area contributed by atoms with Crippen LogP contribution in [-0.4, -0.2) is 44.5 Å². The second-order valence-electron chi connectivity index (χ2n) is 6.27. The van der Waals surface area contributed by atoms with E-state index in [2.05, 4.69) is 35.8 Å². The molecule has 2 aromatic carbocycles. The van der Waals surface area contributed by atoms with Gasteiger partial charge in [-0.05, 0) is 40.6 Å². The predicted molar refractivity (Wildman–Crippen MR) is 107 cm³/mol. The van der Waals surface area contributed by atoms with Gasteiger partial charge in [0.15, 0.2) is 5.69 Å². The zero-order valence-corrected chi connectivity index (χ0v) is 16.4. The van der Waals surface area contributed by atoms with Crippen LogP contribution >= 0.6 is 0 Å². The van der Waals surface area contributed by atoms with Gasteiger partial charge in [0.2, 0.25) is 11.6 Å². The number of anilines is 1. The monoisotopic (exact) mass is 440 g/mol. The van der Waals surface area contributed by atoms with Gasteiger partial charge in [-0.3, -0.25) is 4.79 Å². The normalized spacial score (nSPS) is 11.1. The van der Waals surface area contributed by atoms with Gasteiger partial charge in [-0.2, -0.15) is 9.78 Å². The first-order valence-electron chi connectivity index (χ1n) is 8.95. The van der Waals surface area contributed by atoms with Gasteiger partial charge in [-0.15, -0.1) is 5.10 Å². The molecule has 0 atom stereocenters. The molecular weight excluding hydrogens is 426 g/mol. The number of nitrogen functional groups attached to an aromatic ring is 1. The van der Waals surface area contributed by atoms with Crippen LogP contribution in [0.2, 0.25) is 0 Å². The van der Waals surface area contributed by atoms with Crippen molar-refractivity contribution >= 4 is 17.9 Å². The van der Waals surface area contributed by atoms with E-state index in [1.54, 1.807) is 24.3 Å². The predicted octanol–water partition coefficient (Wildman–Crippen LogP) is 1.95. The molecule has 2 heterocycles. The Morgan fingerprint density at radius 2 is 2.09 bits per heavy atom. The molecule has 2 aromatic heterocycles. The molecule has 4 rings (SSSR count). The maximum atomic E-state index is 13.7. The number of amides is 1. The van der Waals surface area contributed by atoms with Crippen LogP contribution in [0.25, 0.3) is 17.1 Å². The zero-order valence-electron chi connectivity index (χ0n) is 16.4. The number of aromatic nitrogens is 5. The molecule has 0 aliphatic rings. The first-order chi connectivity index (χ1) is 15.5. The highest BCUT2D eigenvalue weighted by atomic mass is 19.1. The highest BCUT2D eigenvalue weighted by Gasteiger charge is 2.25. The van der Waals surface area contributed by atoms with Gasteiger partial charge in [0.1, 0.15) is 23.1 Å². The number of ether oxygens (including phenoxy) is 1. The average Bonchev–Trinajstić information content (AvgIpc) is 3.42. The Bertz CT molecular complexity index is 1320. The number of hydrazone groups is 1. The number of halogens is 2. The van der Waals surface area contributed by atoms with Gasteiger partial charge in [-0.1, -0.05) is 17.3 Å². The van der Waals surface area contributed by atoms with Crippen molar-refractivity contribution in [1.82, 2.24) is 30.7 Å². The van der Waals surface area contributed by atoms with Crippen molar-refractivity contribution in [3.63, 3.8) is 0 Å². The Labute approximate surface area is 178 Å². The smallest absolute Gasteiger partial charge is 0.294 e. The Morgan fingerprint density at radius 1 is 1.25 bits per heavy atom. The molecule has 0 saturated heterocycles. The fraction of sp³-hybridized carbons (Fsp3) is 0.0526. The molecule has 32 heavy (non-hydrogen) atoms. The maximum Gasteiger partial charge on any atom is 0.294 e. The van der Waals surface area contributed by atoms with Gasteiger partial charge < -0.3 is 10.5 Å². The Morgan fingerprint density at radius 3 is 2.84 bits per heavy atom. The molecule has 1 amide bonds. The van der Waals surface area contributed by atoms with Crippen molar-refractivity contribution in [3.8, 4) is 22.8 Å². The summed E-state index contributed by atoms with van der Waals surface area (Å²) in [6.45, 7) is 0. The Balaban J connectivity index is 1.71. The van der Waals surface area contributed by atoms with Gasteiger partial charge in [0, 0.05) is 11.1 Å². The first-order valence-corrected chi connectivity index (χ1v) is 8.95. The summed E-state index contributed by atoms with van der Waals surface area (Å²) in [5.74, 6) is -1.70. The van der Waals surface area contributed by atoms with Gasteiger partial charge in [0.05, 0.1) is 13.3 Å². The fourth-order valence-corrected chi connectivity index (χ4v) is 2.78. The van der Waals surface area contributed by atoms with E-state index in [0.717, 1.165) is 24.4 Å². The van der Waals surface area contributed by atoms with Crippen molar-refractivity contribution in [2.75, 3.05) is 12.8 Å². The van der Waals surface area contributed by atoms with E-state index in [4.69, 9.17) is 10.5 Å². The lowest BCUT2D eigenvalue weighted by atomic mass is 10.1. The standard InChI is InChI=1S/C19H14F2N8O3/c1-31-13-4-2-3-10(8-13)16-15(24-28-29(16)18-17(22)26-32-27-18)19(30)25-23-9-11-7-12(20)5-6-14(11)21/h2-9H,1H3,(H2,22,26)(H,25,30)/b23-9+. The van der Waals surface area contributed by atoms with E-state index in [9.17, 15) is 13.6 Å². The minimum Gasteiger partial charge on any atom is -0.497 e. The number of hydrogen-bond donors (Lipinski definition) is 2. The topological polar surface area (TPSA) is 146 Å². The summed E-state index contributed by atoms with van der Waals surface area (Å²) in [6, 6.07) is 9.58. The van der Waals surface area contributed by atoms with E-state index in [-0.39, 0.29) is 28.6 Å². The molecule has 0 aliphatic heterocycles. The van der Waals surface area contributed by atoms with Crippen molar-refractivity contribution < 1.29 is 22.9 Å². The van der Waals surface area contributed by atoms with E-state index < -0.39 is 17.5 Å². The van der Waals surface area contributed by atoms with Crippen LogP contribution in [0, 0.1) is 11.6 Å². The number of carbonyl (C=O) groups excluding carboxylic acids is 1. The second-order valence-corrected chi connectivity index (χ2v) is 6.27. The number of methoxy groups -OCH3 is 1. The summed E-state index contributed by atoms with van der Waals surface area (Å²) in [4.78, 5) is 12.8. The molecule has 0 aliphatic carbocycles. The molecule has 3 N–H and O–H groups in total. The van der Waals surface area contributed by atoms with Crippen molar-refractivity contribution in [2.24, 2.45) is 5.10 Å². The third-order valence-corrected chi connectivity index (χ3v) is 4.25. The number of benzene rings is 2. The largest absolute Gasteiger partial charge is 0.497 e. The molecule has 0 saturated carbocycles. The minimum absolute atomic E-state index is 0.0136. The number of carbonyl (C=O) groups is 1. The van der Waals surface area contributed by atoms with Crippen LogP contribution in [0.15, 0.2) is 52.2 Å². The third-order valence-electron chi connectivity index (χ3n) is 4.25. The lowest BCUT2D eigenvalue weighted by Gasteiger charge is -2.07. The van der Waals surface area contributed by atoms with Gasteiger partial charge in [0.25, 0.3) is 5.91 Å². The maximum absolute atomic E-state index is 13.7.